The number of rotatable bonds is 8. The van der Waals surface area contributed by atoms with Crippen LogP contribution in [0.15, 0.2) is 42.6 Å². The predicted molar refractivity (Wildman–Crippen MR) is 144 cm³/mol. The van der Waals surface area contributed by atoms with Crippen LogP contribution in [0.25, 0.3) is 10.9 Å². The van der Waals surface area contributed by atoms with E-state index in [1.165, 1.54) is 17.7 Å². The minimum absolute atomic E-state index is 0.136. The topological polar surface area (TPSA) is 122 Å². The second-order valence-corrected chi connectivity index (χ2v) is 10.4. The first-order chi connectivity index (χ1) is 20.3. The zero-order valence-electron chi connectivity index (χ0n) is 22.6. The third-order valence-electron chi connectivity index (χ3n) is 7.06. The van der Waals surface area contributed by atoms with Gasteiger partial charge in [0.2, 0.25) is 11.8 Å². The maximum absolute atomic E-state index is 14.6. The summed E-state index contributed by atoms with van der Waals surface area (Å²) in [6.45, 7) is 0.501. The molecule has 0 radical (unpaired) electrons. The summed E-state index contributed by atoms with van der Waals surface area (Å²) in [6.07, 6.45) is -3.93. The molecule has 0 spiro atoms. The molecule has 2 heterocycles. The van der Waals surface area contributed by atoms with Crippen LogP contribution in [0.4, 0.5) is 38.1 Å². The Morgan fingerprint density at radius 1 is 1.07 bits per heavy atom. The minimum atomic E-state index is -5.17. The van der Waals surface area contributed by atoms with Crippen LogP contribution in [0.2, 0.25) is 0 Å². The number of carbonyl (C=O) groups is 4. The molecule has 228 valence electrons. The number of benzene rings is 2. The Morgan fingerprint density at radius 2 is 1.81 bits per heavy atom. The zero-order chi connectivity index (χ0) is 31.1. The maximum Gasteiger partial charge on any atom is 0.573 e. The van der Waals surface area contributed by atoms with Crippen molar-refractivity contribution in [3.8, 4) is 5.75 Å². The average molecular weight is 608 g/mol. The monoisotopic (exact) mass is 607 g/mol. The second-order valence-electron chi connectivity index (χ2n) is 10.4. The highest BCUT2D eigenvalue weighted by atomic mass is 19.4. The van der Waals surface area contributed by atoms with Crippen LogP contribution in [0.1, 0.15) is 36.5 Å². The van der Waals surface area contributed by atoms with Crippen LogP contribution in [0.3, 0.4) is 0 Å². The highest BCUT2D eigenvalue weighted by Crippen LogP contribution is 2.31. The lowest BCUT2D eigenvalue weighted by Gasteiger charge is -2.24. The minimum Gasteiger partial charge on any atom is -0.403 e. The van der Waals surface area contributed by atoms with Gasteiger partial charge in [0.1, 0.15) is 18.8 Å². The predicted octanol–water partition coefficient (Wildman–Crippen LogP) is 4.74. The van der Waals surface area contributed by atoms with E-state index in [0.717, 1.165) is 35.9 Å². The number of hydrogen-bond donors (Lipinski definition) is 3. The van der Waals surface area contributed by atoms with Crippen LogP contribution in [-0.4, -0.2) is 64.3 Å². The molecule has 3 aromatic rings. The van der Waals surface area contributed by atoms with E-state index < -0.39 is 67.2 Å². The molecule has 1 aliphatic heterocycles. The van der Waals surface area contributed by atoms with Gasteiger partial charge in [-0.3, -0.25) is 14.4 Å². The van der Waals surface area contributed by atoms with E-state index in [2.05, 4.69) is 20.7 Å². The second kappa shape index (κ2) is 11.5. The Morgan fingerprint density at radius 3 is 2.49 bits per heavy atom. The van der Waals surface area contributed by atoms with E-state index in [1.807, 2.05) is 0 Å². The van der Waals surface area contributed by atoms with E-state index in [-0.39, 0.29) is 23.4 Å². The molecule has 3 N–H and O–H groups in total. The van der Waals surface area contributed by atoms with Crippen molar-refractivity contribution in [3.63, 3.8) is 0 Å². The number of carbonyl (C=O) groups excluding carboxylic acids is 4. The molecule has 0 bridgehead atoms. The standard InChI is InChI=1S/C28H26F5N5O5/c1-14(39)19-12-37(21-8-7-17(10-18(19)21)35-27(42)34-16-5-6-16)13-24(40)38-11-15(29)9-22(38)26(41)36-20-3-2-4-23(25(20)30)43-28(31,32)33/h2-4,7-8,10,12,15-16,22H,5-6,9,11,13H2,1H3,(H,36,41)(H2,34,35,42). The highest BCUT2D eigenvalue weighted by Gasteiger charge is 2.40. The first-order valence-corrected chi connectivity index (χ1v) is 13.3. The van der Waals surface area contributed by atoms with Gasteiger partial charge in [0, 0.05) is 40.8 Å². The molecule has 4 amide bonds. The fourth-order valence-corrected chi connectivity index (χ4v) is 4.94. The number of ketones is 1. The largest absolute Gasteiger partial charge is 0.573 e. The number of fused-ring (bicyclic) bond motifs is 1. The van der Waals surface area contributed by atoms with Gasteiger partial charge in [-0.15, -0.1) is 13.2 Å². The van der Waals surface area contributed by atoms with Crippen LogP contribution < -0.4 is 20.7 Å². The molecule has 1 aromatic heterocycles. The molecule has 2 unspecified atom stereocenters. The van der Waals surface area contributed by atoms with Crippen molar-refractivity contribution >= 4 is 45.9 Å². The van der Waals surface area contributed by atoms with E-state index in [4.69, 9.17) is 0 Å². The Kier molecular flexibility index (Phi) is 7.99. The first-order valence-electron chi connectivity index (χ1n) is 13.3. The normalized spacial score (nSPS) is 18.4. The van der Waals surface area contributed by atoms with Gasteiger partial charge in [-0.05, 0) is 50.1 Å². The lowest BCUT2D eigenvalue weighted by Crippen LogP contribution is -2.44. The van der Waals surface area contributed by atoms with Gasteiger partial charge in [0.05, 0.1) is 12.2 Å². The number of nitrogens with one attached hydrogen (secondary N) is 3. The van der Waals surface area contributed by atoms with Crippen molar-refractivity contribution in [1.82, 2.24) is 14.8 Å². The van der Waals surface area contributed by atoms with E-state index in [9.17, 15) is 41.1 Å². The van der Waals surface area contributed by atoms with Crippen molar-refractivity contribution in [3.05, 3.63) is 54.0 Å². The molecule has 10 nitrogen and oxygen atoms in total. The van der Waals surface area contributed by atoms with Crippen molar-refractivity contribution in [1.29, 1.82) is 0 Å². The molecule has 2 aromatic carbocycles. The van der Waals surface area contributed by atoms with Gasteiger partial charge in [0.25, 0.3) is 0 Å². The van der Waals surface area contributed by atoms with Gasteiger partial charge in [0.15, 0.2) is 17.3 Å². The molecule has 2 fully saturated rings. The number of alkyl halides is 4. The summed E-state index contributed by atoms with van der Waals surface area (Å²) in [5, 5.41) is 8.07. The number of nitrogens with zero attached hydrogens (tertiary/aromatic N) is 2. The number of anilines is 2. The Labute approximate surface area is 241 Å². The van der Waals surface area contributed by atoms with Gasteiger partial charge >= 0.3 is 12.4 Å². The third-order valence-corrected chi connectivity index (χ3v) is 7.06. The molecular formula is C28H26F5N5O5. The lowest BCUT2D eigenvalue weighted by atomic mass is 10.1. The fourth-order valence-electron chi connectivity index (χ4n) is 4.94. The summed E-state index contributed by atoms with van der Waals surface area (Å²) >= 11 is 0. The molecule has 1 saturated carbocycles. The number of aromatic nitrogens is 1. The lowest BCUT2D eigenvalue weighted by molar-refractivity contribution is -0.275. The van der Waals surface area contributed by atoms with Crippen LogP contribution in [0.5, 0.6) is 5.75 Å². The van der Waals surface area contributed by atoms with E-state index >= 15 is 0 Å². The Hall–Kier alpha value is -4.69. The number of urea groups is 1. The van der Waals surface area contributed by atoms with Gasteiger partial charge in [-0.2, -0.15) is 0 Å². The van der Waals surface area contributed by atoms with Crippen LogP contribution in [0, 0.1) is 5.82 Å². The SMILES string of the molecule is CC(=O)c1cn(CC(=O)N2CC(F)CC2C(=O)Nc2cccc(OC(F)(F)F)c2F)c2ccc(NC(=O)NC3CC3)cc12. The fraction of sp³-hybridized carbons (Fsp3) is 0.357. The van der Waals surface area contributed by atoms with Gasteiger partial charge < -0.3 is 30.2 Å². The number of likely N-dealkylation sites (tertiary alicyclic amines) is 1. The summed E-state index contributed by atoms with van der Waals surface area (Å²) in [5.41, 5.74) is 0.515. The van der Waals surface area contributed by atoms with Crippen molar-refractivity contribution < 1.29 is 45.9 Å². The molecule has 15 heteroatoms. The van der Waals surface area contributed by atoms with E-state index in [1.54, 1.807) is 18.2 Å². The van der Waals surface area contributed by atoms with Gasteiger partial charge in [-0.1, -0.05) is 6.07 Å². The number of amides is 4. The number of hydrogen-bond acceptors (Lipinski definition) is 5. The average Bonchev–Trinajstić information content (AvgIpc) is 3.52. The number of ether oxygens (including phenoxy) is 1. The van der Waals surface area contributed by atoms with Gasteiger partial charge in [-0.25, -0.2) is 13.6 Å². The van der Waals surface area contributed by atoms with Crippen LogP contribution >= 0.6 is 0 Å². The summed E-state index contributed by atoms with van der Waals surface area (Å²) < 4.78 is 71.9. The molecule has 43 heavy (non-hydrogen) atoms. The smallest absolute Gasteiger partial charge is 0.403 e. The molecule has 2 aliphatic rings. The summed E-state index contributed by atoms with van der Waals surface area (Å²) in [6, 6.07) is 5.90. The van der Waals surface area contributed by atoms with Crippen molar-refractivity contribution in [2.24, 2.45) is 0 Å². The summed E-state index contributed by atoms with van der Waals surface area (Å²) in [4.78, 5) is 51.8. The van der Waals surface area contributed by atoms with Crippen molar-refractivity contribution in [2.45, 2.75) is 57.3 Å². The Bertz CT molecular complexity index is 1600. The summed E-state index contributed by atoms with van der Waals surface area (Å²) in [7, 11) is 0. The number of Topliss-reactive ketones (excluding diaryl/α,β-unsaturated/α-hetero) is 1. The first kappa shape index (κ1) is 29.8. The molecule has 1 saturated heterocycles. The molecule has 2 atom stereocenters. The van der Waals surface area contributed by atoms with E-state index in [0.29, 0.717) is 16.6 Å². The third kappa shape index (κ3) is 6.87. The van der Waals surface area contributed by atoms with Crippen LogP contribution in [-0.2, 0) is 16.1 Å². The molecule has 1 aliphatic carbocycles. The maximum atomic E-state index is 14.6. The van der Waals surface area contributed by atoms with Crippen molar-refractivity contribution in [2.75, 3.05) is 17.2 Å². The highest BCUT2D eigenvalue weighted by molar-refractivity contribution is 6.08. The zero-order valence-corrected chi connectivity index (χ0v) is 22.6. The summed E-state index contributed by atoms with van der Waals surface area (Å²) in [5.74, 6) is -4.66. The number of halogens is 5. The molecule has 5 rings (SSSR count). The molecular weight excluding hydrogens is 581 g/mol. The quantitative estimate of drug-likeness (QED) is 0.252. The Balaban J connectivity index is 1.33.